The van der Waals surface area contributed by atoms with E-state index in [2.05, 4.69) is 24.3 Å². The van der Waals surface area contributed by atoms with E-state index < -0.39 is 5.79 Å². The minimum atomic E-state index is -0.684. The SMILES string of the molecule is C1=CC(OCC2CO2)(OCC2CO2)CC=C1c1ccccc1. The minimum Gasteiger partial charge on any atom is -0.371 e. The summed E-state index contributed by atoms with van der Waals surface area (Å²) in [6.07, 6.45) is 7.45. The third kappa shape index (κ3) is 3.47. The predicted molar refractivity (Wildman–Crippen MR) is 82.3 cm³/mol. The lowest BCUT2D eigenvalue weighted by atomic mass is 9.96. The molecule has 0 amide bonds. The first-order valence-corrected chi connectivity index (χ1v) is 7.79. The quantitative estimate of drug-likeness (QED) is 0.573. The molecular formula is C18H20O4. The van der Waals surface area contributed by atoms with Crippen LogP contribution in [0.2, 0.25) is 0 Å². The van der Waals surface area contributed by atoms with Crippen molar-refractivity contribution in [1.29, 1.82) is 0 Å². The molecule has 4 rings (SSSR count). The van der Waals surface area contributed by atoms with Gasteiger partial charge in [-0.05, 0) is 17.2 Å². The maximum absolute atomic E-state index is 6.02. The molecule has 0 radical (unpaired) electrons. The van der Waals surface area contributed by atoms with Crippen molar-refractivity contribution in [2.24, 2.45) is 0 Å². The van der Waals surface area contributed by atoms with Crippen molar-refractivity contribution < 1.29 is 18.9 Å². The average molecular weight is 300 g/mol. The van der Waals surface area contributed by atoms with Crippen LogP contribution in [0.5, 0.6) is 0 Å². The van der Waals surface area contributed by atoms with Gasteiger partial charge in [-0.2, -0.15) is 0 Å². The zero-order valence-corrected chi connectivity index (χ0v) is 12.4. The Balaban J connectivity index is 1.45. The molecule has 0 spiro atoms. The molecule has 2 aliphatic heterocycles. The third-order valence-corrected chi connectivity index (χ3v) is 4.06. The molecule has 1 aromatic rings. The summed E-state index contributed by atoms with van der Waals surface area (Å²) in [5.74, 6) is -0.684. The van der Waals surface area contributed by atoms with Gasteiger partial charge in [0.1, 0.15) is 12.2 Å². The molecule has 2 fully saturated rings. The van der Waals surface area contributed by atoms with Gasteiger partial charge < -0.3 is 18.9 Å². The van der Waals surface area contributed by atoms with Gasteiger partial charge in [0.25, 0.3) is 0 Å². The van der Waals surface area contributed by atoms with Crippen molar-refractivity contribution in [2.45, 2.75) is 24.4 Å². The van der Waals surface area contributed by atoms with Crippen molar-refractivity contribution in [3.63, 3.8) is 0 Å². The van der Waals surface area contributed by atoms with Crippen LogP contribution in [0.4, 0.5) is 0 Å². The van der Waals surface area contributed by atoms with E-state index in [4.69, 9.17) is 18.9 Å². The number of hydrogen-bond acceptors (Lipinski definition) is 4. The summed E-state index contributed by atoms with van der Waals surface area (Å²) in [5, 5.41) is 0. The number of epoxide rings is 2. The molecule has 2 heterocycles. The fourth-order valence-electron chi connectivity index (χ4n) is 2.50. The molecule has 0 aromatic heterocycles. The number of rotatable bonds is 7. The molecule has 1 aromatic carbocycles. The van der Waals surface area contributed by atoms with Crippen molar-refractivity contribution >= 4 is 5.57 Å². The van der Waals surface area contributed by atoms with Gasteiger partial charge >= 0.3 is 0 Å². The molecule has 0 N–H and O–H groups in total. The van der Waals surface area contributed by atoms with Crippen LogP contribution in [0.15, 0.2) is 48.6 Å². The van der Waals surface area contributed by atoms with E-state index in [1.54, 1.807) is 0 Å². The highest BCUT2D eigenvalue weighted by Crippen LogP contribution is 2.32. The van der Waals surface area contributed by atoms with E-state index in [1.807, 2.05) is 24.3 Å². The molecule has 4 nitrogen and oxygen atoms in total. The fraction of sp³-hybridized carbons (Fsp3) is 0.444. The maximum atomic E-state index is 6.02. The Morgan fingerprint density at radius 3 is 2.14 bits per heavy atom. The number of hydrogen-bond donors (Lipinski definition) is 0. The summed E-state index contributed by atoms with van der Waals surface area (Å²) < 4.78 is 22.5. The largest absolute Gasteiger partial charge is 0.371 e. The van der Waals surface area contributed by atoms with Crippen LogP contribution >= 0.6 is 0 Å². The van der Waals surface area contributed by atoms with E-state index >= 15 is 0 Å². The molecule has 2 atom stereocenters. The van der Waals surface area contributed by atoms with Crippen LogP contribution in [0.1, 0.15) is 12.0 Å². The fourth-order valence-corrected chi connectivity index (χ4v) is 2.50. The van der Waals surface area contributed by atoms with Gasteiger partial charge in [0.05, 0.1) is 26.4 Å². The molecule has 0 bridgehead atoms. The summed E-state index contributed by atoms with van der Waals surface area (Å²) in [6, 6.07) is 10.3. The van der Waals surface area contributed by atoms with Gasteiger partial charge in [-0.1, -0.05) is 42.5 Å². The van der Waals surface area contributed by atoms with Crippen molar-refractivity contribution in [1.82, 2.24) is 0 Å². The molecule has 1 aliphatic carbocycles. The molecule has 2 saturated heterocycles. The lowest BCUT2D eigenvalue weighted by molar-refractivity contribution is -0.206. The molecule has 0 saturated carbocycles. The second-order valence-electron chi connectivity index (χ2n) is 5.91. The number of allylic oxidation sites excluding steroid dienone is 2. The Hall–Kier alpha value is -1.46. The predicted octanol–water partition coefficient (Wildman–Crippen LogP) is 2.56. The summed E-state index contributed by atoms with van der Waals surface area (Å²) in [4.78, 5) is 0. The summed E-state index contributed by atoms with van der Waals surface area (Å²) in [6.45, 7) is 2.72. The smallest absolute Gasteiger partial charge is 0.191 e. The molecule has 2 unspecified atom stereocenters. The second-order valence-corrected chi connectivity index (χ2v) is 5.91. The Labute approximate surface area is 130 Å². The van der Waals surface area contributed by atoms with Gasteiger partial charge in [-0.15, -0.1) is 0 Å². The van der Waals surface area contributed by atoms with Crippen LogP contribution < -0.4 is 0 Å². The Morgan fingerprint density at radius 1 is 1.00 bits per heavy atom. The Bertz CT molecular complexity index is 554. The Morgan fingerprint density at radius 2 is 1.64 bits per heavy atom. The lowest BCUT2D eigenvalue weighted by Crippen LogP contribution is -2.37. The Kier molecular flexibility index (Phi) is 3.84. The van der Waals surface area contributed by atoms with E-state index in [-0.39, 0.29) is 12.2 Å². The monoisotopic (exact) mass is 300 g/mol. The van der Waals surface area contributed by atoms with Gasteiger partial charge in [0.15, 0.2) is 5.79 Å². The molecule has 3 aliphatic rings. The van der Waals surface area contributed by atoms with E-state index in [9.17, 15) is 0 Å². The summed E-state index contributed by atoms with van der Waals surface area (Å²) in [7, 11) is 0. The molecule has 22 heavy (non-hydrogen) atoms. The first-order chi connectivity index (χ1) is 10.8. The van der Waals surface area contributed by atoms with Gasteiger partial charge in [0, 0.05) is 6.42 Å². The van der Waals surface area contributed by atoms with Gasteiger partial charge in [0.2, 0.25) is 0 Å². The van der Waals surface area contributed by atoms with E-state index in [1.165, 1.54) is 11.1 Å². The second kappa shape index (κ2) is 5.97. The normalized spacial score (nSPS) is 32.6. The summed E-state index contributed by atoms with van der Waals surface area (Å²) in [5.41, 5.74) is 2.41. The zero-order valence-electron chi connectivity index (χ0n) is 12.4. The lowest BCUT2D eigenvalue weighted by Gasteiger charge is -2.32. The van der Waals surface area contributed by atoms with Crippen LogP contribution in [0.25, 0.3) is 5.57 Å². The highest BCUT2D eigenvalue weighted by Gasteiger charge is 2.36. The van der Waals surface area contributed by atoms with Crippen LogP contribution in [0, 0.1) is 0 Å². The topological polar surface area (TPSA) is 43.5 Å². The first-order valence-electron chi connectivity index (χ1n) is 7.79. The van der Waals surface area contributed by atoms with Crippen molar-refractivity contribution in [3.05, 3.63) is 54.1 Å². The maximum Gasteiger partial charge on any atom is 0.191 e. The number of ether oxygens (including phenoxy) is 4. The summed E-state index contributed by atoms with van der Waals surface area (Å²) >= 11 is 0. The van der Waals surface area contributed by atoms with Crippen LogP contribution in [-0.2, 0) is 18.9 Å². The highest BCUT2D eigenvalue weighted by atomic mass is 16.7. The van der Waals surface area contributed by atoms with E-state index in [0.717, 1.165) is 13.2 Å². The highest BCUT2D eigenvalue weighted by molar-refractivity contribution is 5.75. The molecular weight excluding hydrogens is 280 g/mol. The van der Waals surface area contributed by atoms with Crippen molar-refractivity contribution in [2.75, 3.05) is 26.4 Å². The molecule has 116 valence electrons. The standard InChI is InChI=1S/C18H20O4/c1-2-4-14(5-3-1)15-6-8-18(9-7-15,21-12-16-10-19-16)22-13-17-11-20-17/h1-8,16-17H,9-13H2. The number of benzene rings is 1. The van der Waals surface area contributed by atoms with Crippen LogP contribution in [0.3, 0.4) is 0 Å². The first kappa shape index (κ1) is 14.2. The van der Waals surface area contributed by atoms with Crippen LogP contribution in [-0.4, -0.2) is 44.4 Å². The van der Waals surface area contributed by atoms with Gasteiger partial charge in [-0.3, -0.25) is 0 Å². The van der Waals surface area contributed by atoms with E-state index in [0.29, 0.717) is 19.6 Å². The minimum absolute atomic E-state index is 0.227. The molecule has 4 heteroatoms. The van der Waals surface area contributed by atoms with Crippen molar-refractivity contribution in [3.8, 4) is 0 Å². The zero-order chi connectivity index (χ0) is 14.8. The average Bonchev–Trinajstić information content (AvgIpc) is 3.48. The third-order valence-electron chi connectivity index (χ3n) is 4.06. The van der Waals surface area contributed by atoms with Gasteiger partial charge in [-0.25, -0.2) is 0 Å².